The van der Waals surface area contributed by atoms with Crippen LogP contribution < -0.4 is 0 Å². The Hall–Kier alpha value is -1.64. The highest BCUT2D eigenvalue weighted by molar-refractivity contribution is 5.98. The average Bonchev–Trinajstić information content (AvgIpc) is 2.48. The molecule has 108 valence electrons. The Kier molecular flexibility index (Phi) is 4.94. The van der Waals surface area contributed by atoms with E-state index in [-0.39, 0.29) is 17.6 Å². The minimum absolute atomic E-state index is 0.0349. The highest BCUT2D eigenvalue weighted by atomic mass is 16.2. The van der Waals surface area contributed by atoms with Gasteiger partial charge in [-0.1, -0.05) is 36.8 Å². The van der Waals surface area contributed by atoms with Gasteiger partial charge in [-0.15, -0.1) is 0 Å². The standard InChI is InChI=1S/C17H23NO2/c1-3-5-16(19)18-11-4-6-15(12-18)17(20)14-9-7-13(2)8-10-14/h7-10,15H,3-6,11-12H2,1-2H3. The van der Waals surface area contributed by atoms with Crippen LogP contribution in [0.2, 0.25) is 0 Å². The van der Waals surface area contributed by atoms with Gasteiger partial charge in [-0.3, -0.25) is 9.59 Å². The number of aryl methyl sites for hydroxylation is 1. The normalized spacial score (nSPS) is 18.9. The summed E-state index contributed by atoms with van der Waals surface area (Å²) in [6.45, 7) is 5.42. The zero-order valence-electron chi connectivity index (χ0n) is 12.4. The zero-order valence-corrected chi connectivity index (χ0v) is 12.4. The van der Waals surface area contributed by atoms with E-state index in [4.69, 9.17) is 0 Å². The summed E-state index contributed by atoms with van der Waals surface area (Å²) >= 11 is 0. The molecule has 1 saturated heterocycles. The van der Waals surface area contributed by atoms with Crippen LogP contribution in [-0.4, -0.2) is 29.7 Å². The lowest BCUT2D eigenvalue weighted by Crippen LogP contribution is -2.42. The Morgan fingerprint density at radius 2 is 1.95 bits per heavy atom. The van der Waals surface area contributed by atoms with Crippen molar-refractivity contribution in [1.29, 1.82) is 0 Å². The summed E-state index contributed by atoms with van der Waals surface area (Å²) in [5.74, 6) is 0.333. The fourth-order valence-electron chi connectivity index (χ4n) is 2.74. The maximum absolute atomic E-state index is 12.5. The number of nitrogens with zero attached hydrogens (tertiary/aromatic N) is 1. The van der Waals surface area contributed by atoms with Crippen LogP contribution in [0.15, 0.2) is 24.3 Å². The molecule has 1 aromatic rings. The van der Waals surface area contributed by atoms with Crippen molar-refractivity contribution in [3.05, 3.63) is 35.4 Å². The second-order valence-electron chi connectivity index (χ2n) is 5.66. The largest absolute Gasteiger partial charge is 0.342 e. The van der Waals surface area contributed by atoms with Gasteiger partial charge in [-0.25, -0.2) is 0 Å². The SMILES string of the molecule is CCCC(=O)N1CCCC(C(=O)c2ccc(C)cc2)C1. The lowest BCUT2D eigenvalue weighted by atomic mass is 9.89. The summed E-state index contributed by atoms with van der Waals surface area (Å²) in [7, 11) is 0. The third-order valence-electron chi connectivity index (χ3n) is 3.94. The molecule has 1 heterocycles. The Morgan fingerprint density at radius 3 is 2.60 bits per heavy atom. The van der Waals surface area contributed by atoms with Gasteiger partial charge in [0.2, 0.25) is 5.91 Å². The first-order valence-corrected chi connectivity index (χ1v) is 7.50. The molecule has 0 saturated carbocycles. The molecule has 0 radical (unpaired) electrons. The number of piperidine rings is 1. The van der Waals surface area contributed by atoms with E-state index in [2.05, 4.69) is 0 Å². The highest BCUT2D eigenvalue weighted by Gasteiger charge is 2.28. The molecule has 3 heteroatoms. The first kappa shape index (κ1) is 14.8. The van der Waals surface area contributed by atoms with Crippen molar-refractivity contribution >= 4 is 11.7 Å². The molecule has 1 atom stereocenters. The van der Waals surface area contributed by atoms with Gasteiger partial charge >= 0.3 is 0 Å². The van der Waals surface area contributed by atoms with Gasteiger partial charge in [0.05, 0.1) is 0 Å². The third-order valence-corrected chi connectivity index (χ3v) is 3.94. The molecular formula is C17H23NO2. The number of amides is 1. The molecule has 0 aliphatic carbocycles. The van der Waals surface area contributed by atoms with Crippen LogP contribution in [0, 0.1) is 12.8 Å². The van der Waals surface area contributed by atoms with Crippen LogP contribution in [0.1, 0.15) is 48.5 Å². The molecule has 1 amide bonds. The highest BCUT2D eigenvalue weighted by Crippen LogP contribution is 2.22. The number of Topliss-reactive ketones (excluding diaryl/α,β-unsaturated/α-hetero) is 1. The summed E-state index contributed by atoms with van der Waals surface area (Å²) < 4.78 is 0. The van der Waals surface area contributed by atoms with Crippen molar-refractivity contribution in [2.75, 3.05) is 13.1 Å². The molecule has 0 spiro atoms. The molecule has 20 heavy (non-hydrogen) atoms. The Balaban J connectivity index is 2.03. The number of hydrogen-bond donors (Lipinski definition) is 0. The van der Waals surface area contributed by atoms with Crippen molar-refractivity contribution in [3.63, 3.8) is 0 Å². The van der Waals surface area contributed by atoms with Gasteiger partial charge in [0.1, 0.15) is 0 Å². The Labute approximate surface area is 121 Å². The van der Waals surface area contributed by atoms with Gasteiger partial charge < -0.3 is 4.90 Å². The number of ketones is 1. The molecule has 1 aliphatic heterocycles. The van der Waals surface area contributed by atoms with Crippen LogP contribution in [0.3, 0.4) is 0 Å². The molecule has 1 aliphatic rings. The smallest absolute Gasteiger partial charge is 0.222 e. The number of carbonyl (C=O) groups is 2. The molecule has 0 aromatic heterocycles. The topological polar surface area (TPSA) is 37.4 Å². The predicted octanol–water partition coefficient (Wildman–Crippen LogP) is 3.22. The Morgan fingerprint density at radius 1 is 1.25 bits per heavy atom. The van der Waals surface area contributed by atoms with E-state index in [1.807, 2.05) is 43.0 Å². The number of rotatable bonds is 4. The number of benzene rings is 1. The molecule has 0 N–H and O–H groups in total. The minimum Gasteiger partial charge on any atom is -0.342 e. The maximum Gasteiger partial charge on any atom is 0.222 e. The quantitative estimate of drug-likeness (QED) is 0.790. The van der Waals surface area contributed by atoms with E-state index in [1.54, 1.807) is 0 Å². The van der Waals surface area contributed by atoms with E-state index >= 15 is 0 Å². The van der Waals surface area contributed by atoms with E-state index < -0.39 is 0 Å². The van der Waals surface area contributed by atoms with Crippen LogP contribution in [-0.2, 0) is 4.79 Å². The third kappa shape index (κ3) is 3.47. The molecule has 0 bridgehead atoms. The van der Waals surface area contributed by atoms with Crippen molar-refractivity contribution in [2.24, 2.45) is 5.92 Å². The number of carbonyl (C=O) groups excluding carboxylic acids is 2. The second kappa shape index (κ2) is 6.69. The molecule has 1 unspecified atom stereocenters. The van der Waals surface area contributed by atoms with Gasteiger partial charge in [0.15, 0.2) is 5.78 Å². The molecular weight excluding hydrogens is 250 g/mol. The van der Waals surface area contributed by atoms with Crippen molar-refractivity contribution < 1.29 is 9.59 Å². The lowest BCUT2D eigenvalue weighted by Gasteiger charge is -2.32. The average molecular weight is 273 g/mol. The van der Waals surface area contributed by atoms with Crippen molar-refractivity contribution in [3.8, 4) is 0 Å². The van der Waals surface area contributed by atoms with Crippen LogP contribution in [0.25, 0.3) is 0 Å². The molecule has 2 rings (SSSR count). The summed E-state index contributed by atoms with van der Waals surface area (Å²) in [6, 6.07) is 7.72. The van der Waals surface area contributed by atoms with Gasteiger partial charge in [-0.2, -0.15) is 0 Å². The van der Waals surface area contributed by atoms with Crippen LogP contribution >= 0.6 is 0 Å². The van der Waals surface area contributed by atoms with Crippen LogP contribution in [0.5, 0.6) is 0 Å². The fraction of sp³-hybridized carbons (Fsp3) is 0.529. The minimum atomic E-state index is -0.0349. The van der Waals surface area contributed by atoms with E-state index in [9.17, 15) is 9.59 Å². The first-order valence-electron chi connectivity index (χ1n) is 7.50. The first-order chi connectivity index (χ1) is 9.61. The summed E-state index contributed by atoms with van der Waals surface area (Å²) in [6.07, 6.45) is 3.28. The maximum atomic E-state index is 12.5. The van der Waals surface area contributed by atoms with Crippen LogP contribution in [0.4, 0.5) is 0 Å². The predicted molar refractivity (Wildman–Crippen MR) is 79.7 cm³/mol. The number of likely N-dealkylation sites (tertiary alicyclic amines) is 1. The summed E-state index contributed by atoms with van der Waals surface area (Å²) in [4.78, 5) is 26.3. The monoisotopic (exact) mass is 273 g/mol. The molecule has 1 fully saturated rings. The lowest BCUT2D eigenvalue weighted by molar-refractivity contribution is -0.132. The zero-order chi connectivity index (χ0) is 14.5. The van der Waals surface area contributed by atoms with E-state index in [0.717, 1.165) is 36.9 Å². The summed E-state index contributed by atoms with van der Waals surface area (Å²) in [5, 5.41) is 0. The van der Waals surface area contributed by atoms with Gasteiger partial charge in [-0.05, 0) is 26.2 Å². The molecule has 3 nitrogen and oxygen atoms in total. The molecule has 1 aromatic carbocycles. The van der Waals surface area contributed by atoms with E-state index in [1.165, 1.54) is 0 Å². The Bertz CT molecular complexity index is 478. The van der Waals surface area contributed by atoms with Gasteiger partial charge in [0, 0.05) is 31.0 Å². The summed E-state index contributed by atoms with van der Waals surface area (Å²) in [5.41, 5.74) is 1.93. The van der Waals surface area contributed by atoms with Crippen molar-refractivity contribution in [2.45, 2.75) is 39.5 Å². The van der Waals surface area contributed by atoms with Gasteiger partial charge in [0.25, 0.3) is 0 Å². The fourth-order valence-corrected chi connectivity index (χ4v) is 2.74. The number of hydrogen-bond acceptors (Lipinski definition) is 2. The van der Waals surface area contributed by atoms with E-state index in [0.29, 0.717) is 13.0 Å². The second-order valence-corrected chi connectivity index (χ2v) is 5.66. The van der Waals surface area contributed by atoms with Crippen molar-refractivity contribution in [1.82, 2.24) is 4.90 Å².